The molecule has 2 aromatic carbocycles. The molecule has 0 atom stereocenters. The van der Waals surface area contributed by atoms with Crippen molar-refractivity contribution in [3.63, 3.8) is 0 Å². The molecule has 0 fully saturated rings. The Hall–Kier alpha value is -3.35. The highest BCUT2D eigenvalue weighted by Crippen LogP contribution is 2.12. The number of ether oxygens (including phenoxy) is 2. The maximum absolute atomic E-state index is 11.9. The van der Waals surface area contributed by atoms with Crippen LogP contribution in [0.15, 0.2) is 54.6 Å². The van der Waals surface area contributed by atoms with Gasteiger partial charge in [0.25, 0.3) is 11.8 Å². The van der Waals surface area contributed by atoms with Gasteiger partial charge in [0, 0.05) is 6.54 Å². The van der Waals surface area contributed by atoms with Crippen molar-refractivity contribution in [1.82, 2.24) is 5.32 Å². The fraction of sp³-hybridized carbons (Fsp3) is 0.211. The van der Waals surface area contributed by atoms with Crippen LogP contribution in [0.25, 0.3) is 0 Å². The summed E-state index contributed by atoms with van der Waals surface area (Å²) in [6.07, 6.45) is 0.702. The van der Waals surface area contributed by atoms with Gasteiger partial charge >= 0.3 is 5.97 Å². The summed E-state index contributed by atoms with van der Waals surface area (Å²) in [4.78, 5) is 34.3. The van der Waals surface area contributed by atoms with E-state index in [0.717, 1.165) is 5.56 Å². The van der Waals surface area contributed by atoms with Gasteiger partial charge in [-0.15, -0.1) is 0 Å². The van der Waals surface area contributed by atoms with Crippen molar-refractivity contribution in [3.8, 4) is 5.75 Å². The van der Waals surface area contributed by atoms with E-state index in [4.69, 9.17) is 15.2 Å². The summed E-state index contributed by atoms with van der Waals surface area (Å²) in [6.45, 7) is -0.132. The van der Waals surface area contributed by atoms with Gasteiger partial charge in [0.15, 0.2) is 13.2 Å². The van der Waals surface area contributed by atoms with Crippen molar-refractivity contribution in [1.29, 1.82) is 0 Å². The number of hydrogen-bond donors (Lipinski definition) is 2. The highest BCUT2D eigenvalue weighted by molar-refractivity contribution is 5.91. The second kappa shape index (κ2) is 9.83. The van der Waals surface area contributed by atoms with Crippen molar-refractivity contribution in [2.24, 2.45) is 5.73 Å². The van der Waals surface area contributed by atoms with Gasteiger partial charge < -0.3 is 20.5 Å². The van der Waals surface area contributed by atoms with Crippen molar-refractivity contribution in [2.45, 2.75) is 6.42 Å². The number of primary amides is 1. The van der Waals surface area contributed by atoms with Crippen molar-refractivity contribution >= 4 is 17.8 Å². The van der Waals surface area contributed by atoms with E-state index in [1.807, 2.05) is 30.3 Å². The van der Waals surface area contributed by atoms with E-state index in [1.165, 1.54) is 24.3 Å². The van der Waals surface area contributed by atoms with Gasteiger partial charge in [0.05, 0.1) is 5.56 Å². The molecular formula is C19H20N2O5. The summed E-state index contributed by atoms with van der Waals surface area (Å²) >= 11 is 0. The zero-order valence-corrected chi connectivity index (χ0v) is 14.1. The maximum atomic E-state index is 11.9. The quantitative estimate of drug-likeness (QED) is 0.654. The van der Waals surface area contributed by atoms with Gasteiger partial charge in [-0.05, 0) is 36.2 Å². The predicted molar refractivity (Wildman–Crippen MR) is 94.6 cm³/mol. The molecule has 2 amide bonds. The molecule has 0 unspecified atom stereocenters. The first kappa shape index (κ1) is 19.0. The number of carbonyl (C=O) groups excluding carboxylic acids is 3. The lowest BCUT2D eigenvalue weighted by Crippen LogP contribution is -2.30. The standard InChI is InChI=1S/C19H20N2O5/c20-17(22)12-25-16-8-6-15(7-9-16)19(24)26-13-18(23)21-11-10-14-4-2-1-3-5-14/h1-9H,10-13H2,(H2,20,22)(H,21,23). The minimum atomic E-state index is -0.621. The van der Waals surface area contributed by atoms with Crippen LogP contribution in [0.4, 0.5) is 0 Å². The molecule has 7 heteroatoms. The monoisotopic (exact) mass is 356 g/mol. The first-order chi connectivity index (χ1) is 12.5. The SMILES string of the molecule is NC(=O)COc1ccc(C(=O)OCC(=O)NCCc2ccccc2)cc1. The molecule has 3 N–H and O–H groups in total. The van der Waals surface area contributed by atoms with E-state index >= 15 is 0 Å². The molecule has 0 spiro atoms. The number of benzene rings is 2. The Balaban J connectivity index is 1.70. The molecule has 0 aliphatic heterocycles. The predicted octanol–water partition coefficient (Wildman–Crippen LogP) is 1.07. The van der Waals surface area contributed by atoms with Gasteiger partial charge in [-0.2, -0.15) is 0 Å². The van der Waals surface area contributed by atoms with E-state index in [-0.39, 0.29) is 24.7 Å². The number of nitrogens with two attached hydrogens (primary N) is 1. The molecule has 0 aromatic heterocycles. The molecule has 26 heavy (non-hydrogen) atoms. The van der Waals surface area contributed by atoms with E-state index in [2.05, 4.69) is 5.32 Å². The summed E-state index contributed by atoms with van der Waals surface area (Å²) in [7, 11) is 0. The van der Waals surface area contributed by atoms with Crippen LogP contribution in [-0.4, -0.2) is 37.5 Å². The lowest BCUT2D eigenvalue weighted by Gasteiger charge is -2.08. The van der Waals surface area contributed by atoms with E-state index in [9.17, 15) is 14.4 Å². The second-order valence-electron chi connectivity index (χ2n) is 5.44. The zero-order valence-electron chi connectivity index (χ0n) is 14.1. The molecule has 7 nitrogen and oxygen atoms in total. The van der Waals surface area contributed by atoms with Crippen LogP contribution >= 0.6 is 0 Å². The fourth-order valence-electron chi connectivity index (χ4n) is 2.10. The van der Waals surface area contributed by atoms with E-state index < -0.39 is 11.9 Å². The number of rotatable bonds is 9. The summed E-state index contributed by atoms with van der Waals surface area (Å²) in [5, 5.41) is 2.69. The molecule has 0 bridgehead atoms. The average molecular weight is 356 g/mol. The molecule has 0 saturated heterocycles. The number of amides is 2. The highest BCUT2D eigenvalue weighted by atomic mass is 16.5. The van der Waals surface area contributed by atoms with Crippen LogP contribution in [0.1, 0.15) is 15.9 Å². The Kier molecular flexibility index (Phi) is 7.17. The zero-order chi connectivity index (χ0) is 18.8. The van der Waals surface area contributed by atoms with Crippen LogP contribution in [0, 0.1) is 0 Å². The third kappa shape index (κ3) is 6.64. The molecular weight excluding hydrogens is 336 g/mol. The molecule has 0 radical (unpaired) electrons. The largest absolute Gasteiger partial charge is 0.484 e. The Morgan fingerprint density at radius 2 is 1.62 bits per heavy atom. The van der Waals surface area contributed by atoms with Gasteiger partial charge in [-0.1, -0.05) is 30.3 Å². The molecule has 0 aliphatic rings. The fourth-order valence-corrected chi connectivity index (χ4v) is 2.10. The first-order valence-corrected chi connectivity index (χ1v) is 8.03. The van der Waals surface area contributed by atoms with E-state index in [1.54, 1.807) is 0 Å². The minimum absolute atomic E-state index is 0.243. The lowest BCUT2D eigenvalue weighted by atomic mass is 10.1. The minimum Gasteiger partial charge on any atom is -0.484 e. The van der Waals surface area contributed by atoms with Gasteiger partial charge in [-0.25, -0.2) is 4.79 Å². The molecule has 0 saturated carbocycles. The van der Waals surface area contributed by atoms with Crippen molar-refractivity contribution < 1.29 is 23.9 Å². The van der Waals surface area contributed by atoms with Crippen LogP contribution < -0.4 is 15.8 Å². The van der Waals surface area contributed by atoms with Gasteiger partial charge in [0.1, 0.15) is 5.75 Å². The highest BCUT2D eigenvalue weighted by Gasteiger charge is 2.10. The van der Waals surface area contributed by atoms with Crippen molar-refractivity contribution in [2.75, 3.05) is 19.8 Å². The molecule has 0 heterocycles. The Morgan fingerprint density at radius 1 is 0.923 bits per heavy atom. The first-order valence-electron chi connectivity index (χ1n) is 8.03. The van der Waals surface area contributed by atoms with Gasteiger partial charge in [0.2, 0.25) is 0 Å². The van der Waals surface area contributed by atoms with Crippen LogP contribution in [-0.2, 0) is 20.7 Å². The normalized spacial score (nSPS) is 10.0. The maximum Gasteiger partial charge on any atom is 0.338 e. The smallest absolute Gasteiger partial charge is 0.338 e. The molecule has 2 aromatic rings. The lowest BCUT2D eigenvalue weighted by molar-refractivity contribution is -0.124. The van der Waals surface area contributed by atoms with Crippen LogP contribution in [0.2, 0.25) is 0 Å². The van der Waals surface area contributed by atoms with Crippen LogP contribution in [0.5, 0.6) is 5.75 Å². The van der Waals surface area contributed by atoms with Crippen LogP contribution in [0.3, 0.4) is 0 Å². The van der Waals surface area contributed by atoms with Crippen molar-refractivity contribution in [3.05, 3.63) is 65.7 Å². The average Bonchev–Trinajstić information content (AvgIpc) is 2.65. The second-order valence-corrected chi connectivity index (χ2v) is 5.44. The number of carbonyl (C=O) groups is 3. The Morgan fingerprint density at radius 3 is 2.27 bits per heavy atom. The number of esters is 1. The van der Waals surface area contributed by atoms with E-state index in [0.29, 0.717) is 18.7 Å². The summed E-state index contributed by atoms with van der Waals surface area (Å²) in [5.74, 6) is -1.17. The third-order valence-corrected chi connectivity index (χ3v) is 3.38. The summed E-state index contributed by atoms with van der Waals surface area (Å²) in [6, 6.07) is 15.7. The summed E-state index contributed by atoms with van der Waals surface area (Å²) < 4.78 is 10.1. The van der Waals surface area contributed by atoms with Gasteiger partial charge in [-0.3, -0.25) is 9.59 Å². The molecule has 136 valence electrons. The topological polar surface area (TPSA) is 108 Å². The number of nitrogens with one attached hydrogen (secondary N) is 1. The molecule has 0 aliphatic carbocycles. The number of hydrogen-bond acceptors (Lipinski definition) is 5. The third-order valence-electron chi connectivity index (χ3n) is 3.38. The Bertz CT molecular complexity index is 744. The summed E-state index contributed by atoms with van der Waals surface area (Å²) in [5.41, 5.74) is 6.36. The molecule has 2 rings (SSSR count). The Labute approximate surface area is 151 Å².